The van der Waals surface area contributed by atoms with Crippen molar-refractivity contribution >= 4 is 28.7 Å². The number of H-pyrrole nitrogens is 1. The first kappa shape index (κ1) is 18.4. The zero-order chi connectivity index (χ0) is 20.2. The predicted molar refractivity (Wildman–Crippen MR) is 111 cm³/mol. The number of benzene rings is 3. The summed E-state index contributed by atoms with van der Waals surface area (Å²) in [6.07, 6.45) is 1.48. The summed E-state index contributed by atoms with van der Waals surface area (Å²) in [5.41, 5.74) is 6.52. The predicted octanol–water partition coefficient (Wildman–Crippen LogP) is 4.18. The molecule has 0 atom stereocenters. The van der Waals surface area contributed by atoms with Crippen molar-refractivity contribution in [2.45, 2.75) is 0 Å². The van der Waals surface area contributed by atoms with Gasteiger partial charge in [0.25, 0.3) is 5.91 Å². The largest absolute Gasteiger partial charge is 0.350 e. The number of aromatic nitrogens is 1. The van der Waals surface area contributed by atoms with E-state index in [1.807, 2.05) is 54.6 Å². The molecule has 1 amide bonds. The number of amides is 1. The molecule has 3 aromatic carbocycles. The van der Waals surface area contributed by atoms with Crippen molar-refractivity contribution in [2.24, 2.45) is 5.10 Å². The third-order valence-electron chi connectivity index (χ3n) is 4.50. The molecule has 7 heteroatoms. The third kappa shape index (κ3) is 3.86. The molecule has 4 N–H and O–H groups in total. The number of fused-ring (bicyclic) bond motifs is 1. The van der Waals surface area contributed by atoms with Crippen LogP contribution in [0.25, 0.3) is 22.0 Å². The molecule has 0 aliphatic rings. The van der Waals surface area contributed by atoms with Crippen LogP contribution in [0, 0.1) is 0 Å². The summed E-state index contributed by atoms with van der Waals surface area (Å²) in [6, 6.07) is 23.8. The summed E-state index contributed by atoms with van der Waals surface area (Å²) < 4.78 is 0. The van der Waals surface area contributed by atoms with Gasteiger partial charge in [-0.1, -0.05) is 60.7 Å². The maximum atomic E-state index is 12.8. The zero-order valence-corrected chi connectivity index (χ0v) is 15.3. The Morgan fingerprint density at radius 2 is 1.62 bits per heavy atom. The van der Waals surface area contributed by atoms with E-state index < -0.39 is 0 Å². The first-order valence-electron chi connectivity index (χ1n) is 8.91. The van der Waals surface area contributed by atoms with Gasteiger partial charge in [0.05, 0.1) is 11.9 Å². The highest BCUT2D eigenvalue weighted by Crippen LogP contribution is 2.32. The number of nitrogens with one attached hydrogen (secondary N) is 2. The van der Waals surface area contributed by atoms with Crippen LogP contribution < -0.4 is 10.7 Å². The van der Waals surface area contributed by atoms with Crippen molar-refractivity contribution in [2.75, 3.05) is 5.23 Å². The van der Waals surface area contributed by atoms with Gasteiger partial charge in [0, 0.05) is 16.5 Å². The lowest BCUT2D eigenvalue weighted by atomic mass is 10.0. The minimum atomic E-state index is -0.357. The van der Waals surface area contributed by atoms with Crippen LogP contribution in [0.4, 0.5) is 5.69 Å². The van der Waals surface area contributed by atoms with Crippen molar-refractivity contribution in [1.29, 1.82) is 0 Å². The van der Waals surface area contributed by atoms with Gasteiger partial charge in [-0.05, 0) is 29.3 Å². The topological polar surface area (TPSA) is 101 Å². The zero-order valence-electron chi connectivity index (χ0n) is 15.3. The molecule has 1 heterocycles. The number of carbonyl (C=O) groups excluding carboxylic acids is 1. The summed E-state index contributed by atoms with van der Waals surface area (Å²) in [6.45, 7) is 0. The molecule has 1 aromatic heterocycles. The molecular formula is C22H18N4O3. The minimum absolute atomic E-state index is 0.0315. The van der Waals surface area contributed by atoms with Crippen LogP contribution in [0.3, 0.4) is 0 Å². The normalized spacial score (nSPS) is 11.1. The highest BCUT2D eigenvalue weighted by atomic mass is 16.8. The van der Waals surface area contributed by atoms with Gasteiger partial charge < -0.3 is 4.98 Å². The Morgan fingerprint density at radius 1 is 0.931 bits per heavy atom. The minimum Gasteiger partial charge on any atom is -0.350 e. The molecule has 0 spiro atoms. The summed E-state index contributed by atoms with van der Waals surface area (Å²) in [5, 5.41) is 22.9. The molecule has 0 aliphatic carbocycles. The van der Waals surface area contributed by atoms with Gasteiger partial charge in [-0.15, -0.1) is 5.23 Å². The molecule has 0 aliphatic heterocycles. The highest BCUT2D eigenvalue weighted by Gasteiger charge is 2.18. The summed E-state index contributed by atoms with van der Waals surface area (Å²) in [4.78, 5) is 16.0. The number of rotatable bonds is 5. The number of aromatic amines is 1. The van der Waals surface area contributed by atoms with Crippen molar-refractivity contribution < 1.29 is 15.2 Å². The van der Waals surface area contributed by atoms with Crippen LogP contribution in [0.15, 0.2) is 84.0 Å². The Kier molecular flexibility index (Phi) is 5.07. The fraction of sp³-hybridized carbons (Fsp3) is 0. The van der Waals surface area contributed by atoms with Crippen LogP contribution in [0.2, 0.25) is 0 Å². The fourth-order valence-electron chi connectivity index (χ4n) is 3.13. The van der Waals surface area contributed by atoms with Crippen molar-refractivity contribution in [3.05, 3.63) is 90.1 Å². The number of hydrogen-bond donors (Lipinski definition) is 4. The quantitative estimate of drug-likeness (QED) is 0.305. The first-order chi connectivity index (χ1) is 14.1. The number of nitrogens with zero attached hydrogens (tertiary/aromatic N) is 2. The summed E-state index contributed by atoms with van der Waals surface area (Å²) in [5.74, 6) is -0.357. The molecular weight excluding hydrogens is 368 g/mol. The third-order valence-corrected chi connectivity index (χ3v) is 4.50. The van der Waals surface area contributed by atoms with E-state index in [4.69, 9.17) is 10.4 Å². The van der Waals surface area contributed by atoms with Gasteiger partial charge in [-0.2, -0.15) is 5.10 Å². The van der Waals surface area contributed by atoms with E-state index in [0.29, 0.717) is 11.3 Å². The Morgan fingerprint density at radius 3 is 2.34 bits per heavy atom. The fourth-order valence-corrected chi connectivity index (χ4v) is 3.13. The van der Waals surface area contributed by atoms with Crippen LogP contribution in [-0.4, -0.2) is 27.5 Å². The second-order valence-corrected chi connectivity index (χ2v) is 6.37. The molecule has 144 valence electrons. The smallest absolute Gasteiger partial charge is 0.288 e. The SMILES string of the molecule is O=C(NN=Cc1ccc(N(O)O)cc1)c1[nH]c2ccccc2c1-c1ccccc1. The Hall–Kier alpha value is -3.94. The van der Waals surface area contributed by atoms with Gasteiger partial charge in [0.15, 0.2) is 0 Å². The Labute approximate surface area is 166 Å². The van der Waals surface area contributed by atoms with Gasteiger partial charge in [-0.3, -0.25) is 15.2 Å². The van der Waals surface area contributed by atoms with E-state index in [1.165, 1.54) is 18.3 Å². The van der Waals surface area contributed by atoms with Crippen molar-refractivity contribution in [3.8, 4) is 11.1 Å². The van der Waals surface area contributed by atoms with Gasteiger partial charge in [0.1, 0.15) is 5.69 Å². The lowest BCUT2D eigenvalue weighted by Crippen LogP contribution is -2.18. The monoisotopic (exact) mass is 386 g/mol. The van der Waals surface area contributed by atoms with E-state index >= 15 is 0 Å². The van der Waals surface area contributed by atoms with E-state index in [1.54, 1.807) is 12.1 Å². The summed E-state index contributed by atoms with van der Waals surface area (Å²) >= 11 is 0. The molecule has 0 saturated carbocycles. The Bertz CT molecular complexity index is 1170. The average molecular weight is 386 g/mol. The Balaban J connectivity index is 1.60. The second kappa shape index (κ2) is 7.97. The number of anilines is 1. The molecule has 4 aromatic rings. The van der Waals surface area contributed by atoms with E-state index in [-0.39, 0.29) is 16.8 Å². The van der Waals surface area contributed by atoms with Crippen LogP contribution in [0.5, 0.6) is 0 Å². The summed E-state index contributed by atoms with van der Waals surface area (Å²) in [7, 11) is 0. The van der Waals surface area contributed by atoms with Gasteiger partial charge in [0.2, 0.25) is 0 Å². The maximum absolute atomic E-state index is 12.8. The molecule has 0 unspecified atom stereocenters. The van der Waals surface area contributed by atoms with Crippen LogP contribution in [-0.2, 0) is 0 Å². The molecule has 0 fully saturated rings. The number of para-hydroxylation sites is 1. The lowest BCUT2D eigenvalue weighted by molar-refractivity contribution is 0.0291. The maximum Gasteiger partial charge on any atom is 0.288 e. The van der Waals surface area contributed by atoms with Gasteiger partial charge >= 0.3 is 0 Å². The number of hydrazone groups is 1. The van der Waals surface area contributed by atoms with Crippen LogP contribution in [0.1, 0.15) is 16.1 Å². The first-order valence-corrected chi connectivity index (χ1v) is 8.91. The molecule has 0 bridgehead atoms. The van der Waals surface area contributed by atoms with Gasteiger partial charge in [-0.25, -0.2) is 5.43 Å². The second-order valence-electron chi connectivity index (χ2n) is 6.37. The number of hydrogen-bond acceptors (Lipinski definition) is 5. The molecule has 0 saturated heterocycles. The molecule has 0 radical (unpaired) electrons. The van der Waals surface area contributed by atoms with E-state index in [9.17, 15) is 4.79 Å². The molecule has 29 heavy (non-hydrogen) atoms. The molecule has 4 rings (SSSR count). The lowest BCUT2D eigenvalue weighted by Gasteiger charge is -2.07. The van der Waals surface area contributed by atoms with Crippen molar-refractivity contribution in [3.63, 3.8) is 0 Å². The van der Waals surface area contributed by atoms with Crippen LogP contribution >= 0.6 is 0 Å². The highest BCUT2D eigenvalue weighted by molar-refractivity contribution is 6.09. The molecule has 7 nitrogen and oxygen atoms in total. The standard InChI is InChI=1S/C22H18N4O3/c27-22(25-23-14-15-10-12-17(13-11-15)26(28)29)21-20(16-6-2-1-3-7-16)18-8-4-5-9-19(18)24-21/h1-14,24,28-29H,(H,25,27). The van der Waals surface area contributed by atoms with E-state index in [2.05, 4.69) is 15.5 Å². The number of carbonyl (C=O) groups is 1. The average Bonchev–Trinajstić information content (AvgIpc) is 3.14. The van der Waals surface area contributed by atoms with Crippen molar-refractivity contribution in [1.82, 2.24) is 10.4 Å². The van der Waals surface area contributed by atoms with E-state index in [0.717, 1.165) is 22.0 Å².